The van der Waals surface area contributed by atoms with Crippen LogP contribution >= 0.6 is 23.4 Å². The number of aromatic nitrogens is 8. The lowest BCUT2D eigenvalue weighted by Gasteiger charge is -2.41. The molecule has 8 heterocycles. The van der Waals surface area contributed by atoms with E-state index in [-0.39, 0.29) is 46.6 Å². The van der Waals surface area contributed by atoms with Crippen LogP contribution in [0.15, 0.2) is 65.0 Å². The molecule has 16 nitrogen and oxygen atoms in total. The molecule has 7 N–H and O–H groups in total. The number of nitrogens with one attached hydrogen (secondary N) is 1. The third kappa shape index (κ3) is 10.1. The molecule has 1 spiro atoms. The van der Waals surface area contributed by atoms with Crippen LogP contribution in [0.5, 0.6) is 0 Å². The smallest absolute Gasteiger partial charge is 0.229 e. The first-order valence-electron chi connectivity index (χ1n) is 21.9. The summed E-state index contributed by atoms with van der Waals surface area (Å²) in [5, 5.41) is 4.02. The number of aryl methyl sites for hydroxylation is 1. The normalized spacial score (nSPS) is 19.0. The first-order valence-corrected chi connectivity index (χ1v) is 23.1. The second-order valence-corrected chi connectivity index (χ2v) is 18.6. The Morgan fingerprint density at radius 3 is 2.32 bits per heavy atom. The van der Waals surface area contributed by atoms with Crippen LogP contribution in [-0.4, -0.2) is 114 Å². The number of ether oxygens (including phenoxy) is 1. The second kappa shape index (κ2) is 19.7. The predicted molar refractivity (Wildman–Crippen MR) is 252 cm³/mol. The molecule has 3 aliphatic heterocycles. The van der Waals surface area contributed by atoms with E-state index in [1.807, 2.05) is 43.7 Å². The number of nitrogen functional groups attached to an aromatic ring is 2. The van der Waals surface area contributed by atoms with E-state index >= 15 is 0 Å². The minimum atomic E-state index is -0.636. The fraction of sp³-hybridized carbons (Fsp3) is 0.444. The highest BCUT2D eigenvalue weighted by molar-refractivity contribution is 7.99. The zero-order chi connectivity index (χ0) is 46.0. The fourth-order valence-electron chi connectivity index (χ4n) is 8.81. The van der Waals surface area contributed by atoms with Crippen LogP contribution in [0, 0.1) is 24.0 Å². The number of pyridine rings is 2. The summed E-state index contributed by atoms with van der Waals surface area (Å²) in [6, 6.07) is 8.80. The van der Waals surface area contributed by atoms with Crippen LogP contribution in [0.3, 0.4) is 0 Å². The number of anilines is 5. The maximum atomic E-state index is 14.9. The molecular weight excluding hydrogens is 872 g/mol. The number of hydrogen-bond acceptors (Lipinski definition) is 16. The van der Waals surface area contributed by atoms with E-state index in [0.717, 1.165) is 94.3 Å². The molecule has 3 fully saturated rings. The molecule has 0 saturated carbocycles. The lowest BCUT2D eigenvalue weighted by atomic mass is 9.73. The van der Waals surface area contributed by atoms with Crippen molar-refractivity contribution in [3.63, 3.8) is 0 Å². The zero-order valence-electron chi connectivity index (χ0n) is 37.3. The topological polar surface area (TPSA) is 204 Å². The lowest BCUT2D eigenvalue weighted by molar-refractivity contribution is 0.0974. The summed E-state index contributed by atoms with van der Waals surface area (Å²) in [6.07, 6.45) is 8.34. The Hall–Kier alpha value is -5.31. The van der Waals surface area contributed by atoms with Crippen LogP contribution in [0.1, 0.15) is 58.0 Å². The molecule has 0 amide bonds. The number of piperidine rings is 1. The summed E-state index contributed by atoms with van der Waals surface area (Å²) in [4.78, 5) is 38.1. The largest absolute Gasteiger partial charge is 0.382 e. The van der Waals surface area contributed by atoms with Crippen LogP contribution in [0.2, 0.25) is 5.02 Å². The average molecular weight is 929 g/mol. The van der Waals surface area contributed by atoms with Crippen LogP contribution in [0.25, 0.3) is 22.3 Å². The van der Waals surface area contributed by atoms with Crippen molar-refractivity contribution in [2.45, 2.75) is 82.1 Å². The van der Waals surface area contributed by atoms with E-state index in [1.54, 1.807) is 24.5 Å². The SMILES string of the molecule is CC1OCC2(CCN(c3cnc(Sc4ccnc(N)c4Cl)c(N)n3)CC2)C1N.CCN1CCN(Cc2ccc(Nc3ncc(F)c(-c4cc(F)c5nc(C)n(C(C)C)c5c4)n3)nc2)CC1. The minimum absolute atomic E-state index is 0.00954. The first kappa shape index (κ1) is 46.2. The summed E-state index contributed by atoms with van der Waals surface area (Å²) in [5.41, 5.74) is 20.7. The van der Waals surface area contributed by atoms with Gasteiger partial charge in [-0.3, -0.25) is 4.90 Å². The minimum Gasteiger partial charge on any atom is -0.382 e. The summed E-state index contributed by atoms with van der Waals surface area (Å²) in [6.45, 7) is 18.7. The molecule has 5 aromatic heterocycles. The number of nitrogens with zero attached hydrogens (tertiary/aromatic N) is 11. The highest BCUT2D eigenvalue weighted by atomic mass is 35.5. The molecule has 1 aromatic carbocycles. The van der Waals surface area contributed by atoms with Gasteiger partial charge in [-0.05, 0) is 76.9 Å². The number of rotatable bonds is 10. The molecule has 344 valence electrons. The van der Waals surface area contributed by atoms with Gasteiger partial charge in [0.25, 0.3) is 0 Å². The van der Waals surface area contributed by atoms with Gasteiger partial charge in [-0.2, -0.15) is 0 Å². The monoisotopic (exact) mass is 927 g/mol. The van der Waals surface area contributed by atoms with Crippen molar-refractivity contribution < 1.29 is 13.5 Å². The Balaban J connectivity index is 0.000000184. The maximum Gasteiger partial charge on any atom is 0.229 e. The molecule has 9 rings (SSSR count). The third-order valence-corrected chi connectivity index (χ3v) is 14.2. The van der Waals surface area contributed by atoms with Crippen molar-refractivity contribution in [2.24, 2.45) is 11.1 Å². The predicted octanol–water partition coefficient (Wildman–Crippen LogP) is 7.11. The Morgan fingerprint density at radius 1 is 0.908 bits per heavy atom. The van der Waals surface area contributed by atoms with E-state index in [1.165, 1.54) is 17.8 Å². The Kier molecular flexibility index (Phi) is 14.0. The summed E-state index contributed by atoms with van der Waals surface area (Å²) >= 11 is 7.53. The Morgan fingerprint density at radius 2 is 1.66 bits per heavy atom. The molecule has 3 saturated heterocycles. The molecular formula is C45H56ClF2N15OS. The van der Waals surface area contributed by atoms with Crippen LogP contribution in [0.4, 0.5) is 38.0 Å². The van der Waals surface area contributed by atoms with E-state index in [2.05, 4.69) is 68.8 Å². The van der Waals surface area contributed by atoms with Crippen LogP contribution < -0.4 is 27.4 Å². The summed E-state index contributed by atoms with van der Waals surface area (Å²) < 4.78 is 37.4. The zero-order valence-corrected chi connectivity index (χ0v) is 38.9. The highest BCUT2D eigenvalue weighted by Crippen LogP contribution is 2.42. The number of halogens is 3. The molecule has 6 aromatic rings. The van der Waals surface area contributed by atoms with Gasteiger partial charge in [0, 0.05) is 86.2 Å². The summed E-state index contributed by atoms with van der Waals surface area (Å²) in [7, 11) is 0. The second-order valence-electron chi connectivity index (χ2n) is 17.1. The van der Waals surface area contributed by atoms with E-state index in [4.69, 9.17) is 33.5 Å². The fourth-order valence-corrected chi connectivity index (χ4v) is 9.82. The maximum absolute atomic E-state index is 14.9. The molecule has 3 aliphatic rings. The van der Waals surface area contributed by atoms with Crippen molar-refractivity contribution in [2.75, 3.05) is 74.1 Å². The van der Waals surface area contributed by atoms with Gasteiger partial charge < -0.3 is 41.6 Å². The molecule has 0 aliphatic carbocycles. The number of imidazole rings is 1. The van der Waals surface area contributed by atoms with Crippen molar-refractivity contribution in [3.8, 4) is 11.3 Å². The first-order chi connectivity index (χ1) is 31.2. The standard InChI is InChI=1S/C27H32F2N8.C18H24ClN7OS/c1-5-35-8-10-36(11-9-35)16-19-6-7-24(30-14-19)33-27-31-15-22(29)25(34-27)20-12-21(28)26-23(13-20)37(17(2)3)18(4)32-26;1-10-14(20)18(9-27-10)3-6-26(7-4-18)12-8-24-17(16(22)25-12)28-11-2-5-23-15(21)13(11)19/h6-7,12-15,17H,5,8-11,16H2,1-4H3,(H,30,31,33,34);2,5,8,10,14H,3-4,6-7,9,20H2,1H3,(H2,21,23)(H2,22,25). The third-order valence-electron chi connectivity index (χ3n) is 12.6. The average Bonchev–Trinajstić information content (AvgIpc) is 3.79. The van der Waals surface area contributed by atoms with Gasteiger partial charge >= 0.3 is 0 Å². The number of benzene rings is 1. The van der Waals surface area contributed by atoms with Gasteiger partial charge in [0.15, 0.2) is 17.5 Å². The molecule has 0 bridgehead atoms. The number of likely N-dealkylation sites (N-methyl/N-ethyl adjacent to an activating group) is 1. The molecule has 20 heteroatoms. The van der Waals surface area contributed by atoms with E-state index < -0.39 is 11.6 Å². The number of hydrogen-bond donors (Lipinski definition) is 4. The lowest BCUT2D eigenvalue weighted by Crippen LogP contribution is -2.50. The number of fused-ring (bicyclic) bond motifs is 1. The van der Waals surface area contributed by atoms with Crippen LogP contribution in [-0.2, 0) is 11.3 Å². The number of nitrogens with two attached hydrogens (primary N) is 3. The molecule has 65 heavy (non-hydrogen) atoms. The van der Waals surface area contributed by atoms with Gasteiger partial charge in [0.05, 0.1) is 35.6 Å². The van der Waals surface area contributed by atoms with Crippen molar-refractivity contribution in [3.05, 3.63) is 83.2 Å². The molecule has 2 atom stereocenters. The van der Waals surface area contributed by atoms with Gasteiger partial charge in [-0.15, -0.1) is 0 Å². The molecule has 2 unspecified atom stereocenters. The highest BCUT2D eigenvalue weighted by Gasteiger charge is 2.47. The van der Waals surface area contributed by atoms with Gasteiger partial charge in [0.2, 0.25) is 5.95 Å². The van der Waals surface area contributed by atoms with Crippen molar-refractivity contribution in [1.29, 1.82) is 0 Å². The summed E-state index contributed by atoms with van der Waals surface area (Å²) in [5.74, 6) is 1.69. The molecule has 0 radical (unpaired) electrons. The Labute approximate surface area is 386 Å². The van der Waals surface area contributed by atoms with E-state index in [0.29, 0.717) is 38.6 Å². The quantitative estimate of drug-likeness (QED) is 0.108. The van der Waals surface area contributed by atoms with Gasteiger partial charge in [-0.1, -0.05) is 36.4 Å². The van der Waals surface area contributed by atoms with Crippen molar-refractivity contribution >= 4 is 63.6 Å². The Bertz CT molecular complexity index is 2620. The van der Waals surface area contributed by atoms with Gasteiger partial charge in [0.1, 0.15) is 39.5 Å². The van der Waals surface area contributed by atoms with Crippen molar-refractivity contribution in [1.82, 2.24) is 49.3 Å². The van der Waals surface area contributed by atoms with E-state index in [9.17, 15) is 8.78 Å². The number of piperazine rings is 1. The van der Waals surface area contributed by atoms with Gasteiger partial charge in [-0.25, -0.2) is 43.7 Å².